The molecule has 0 saturated carbocycles. The summed E-state index contributed by atoms with van der Waals surface area (Å²) in [4.78, 5) is 43.1. The number of furan rings is 1. The summed E-state index contributed by atoms with van der Waals surface area (Å²) in [6.07, 6.45) is 1.62. The average Bonchev–Trinajstić information content (AvgIpc) is 3.48. The van der Waals surface area contributed by atoms with Crippen molar-refractivity contribution in [3.05, 3.63) is 113 Å². The molecule has 0 amide bonds. The number of halogens is 1. The highest BCUT2D eigenvalue weighted by Crippen LogP contribution is 2.31. The fraction of sp³-hybridized carbons (Fsp3) is 0.172. The van der Waals surface area contributed by atoms with Gasteiger partial charge in [0, 0.05) is 16.7 Å². The monoisotopic (exact) mass is 562 g/mol. The Balaban J connectivity index is 1.62. The van der Waals surface area contributed by atoms with Crippen LogP contribution < -0.4 is 14.9 Å². The van der Waals surface area contributed by atoms with Crippen molar-refractivity contribution in [1.82, 2.24) is 4.57 Å². The first-order valence-electron chi connectivity index (χ1n) is 12.1. The summed E-state index contributed by atoms with van der Waals surface area (Å²) in [6, 6.07) is 14.5. The molecule has 3 heterocycles. The third kappa shape index (κ3) is 4.98. The maximum absolute atomic E-state index is 13.7. The number of carbonyl (C=O) groups excluding carboxylic acids is 1. The number of allylic oxidation sites excluding steroid dienone is 1. The van der Waals surface area contributed by atoms with Gasteiger partial charge in [0.15, 0.2) is 4.80 Å². The molecule has 0 bridgehead atoms. The van der Waals surface area contributed by atoms with Crippen LogP contribution in [0.3, 0.4) is 0 Å². The lowest BCUT2D eigenvalue weighted by Gasteiger charge is -2.24. The first kappa shape index (κ1) is 26.4. The van der Waals surface area contributed by atoms with Crippen LogP contribution in [0.15, 0.2) is 80.1 Å². The standard InChI is InChI=1S/C29H23ClN2O6S/c1-4-37-28(36)24-16(3)31-29-32(25(24)17-7-9-19(30)10-8-17)26(33)23(39-29)14-20-11-12-22(38-20)21-13-18(27(34)35)6-5-15(21)2/h5-14,25H,4H2,1-3H3,(H,34,35). The smallest absolute Gasteiger partial charge is 0.338 e. The van der Waals surface area contributed by atoms with Gasteiger partial charge in [-0.25, -0.2) is 14.6 Å². The summed E-state index contributed by atoms with van der Waals surface area (Å²) in [5, 5.41) is 9.89. The van der Waals surface area contributed by atoms with Crippen molar-refractivity contribution in [3.8, 4) is 11.3 Å². The Bertz CT molecular complexity index is 1830. The third-order valence-electron chi connectivity index (χ3n) is 6.35. The number of nitrogens with zero attached hydrogens (tertiary/aromatic N) is 2. The van der Waals surface area contributed by atoms with E-state index < -0.39 is 18.0 Å². The highest BCUT2D eigenvalue weighted by Gasteiger charge is 2.33. The van der Waals surface area contributed by atoms with Crippen LogP contribution in [0, 0.1) is 6.92 Å². The molecule has 1 atom stereocenters. The van der Waals surface area contributed by atoms with Crippen LogP contribution in [0.25, 0.3) is 17.4 Å². The van der Waals surface area contributed by atoms with Crippen molar-refractivity contribution in [2.24, 2.45) is 4.99 Å². The van der Waals surface area contributed by atoms with E-state index >= 15 is 0 Å². The zero-order chi connectivity index (χ0) is 27.8. The lowest BCUT2D eigenvalue weighted by Crippen LogP contribution is -2.39. The van der Waals surface area contributed by atoms with Crippen molar-refractivity contribution in [1.29, 1.82) is 0 Å². The van der Waals surface area contributed by atoms with Crippen LogP contribution in [-0.2, 0) is 9.53 Å². The third-order valence-corrected chi connectivity index (χ3v) is 7.59. The Hall–Kier alpha value is -4.21. The molecule has 4 aromatic rings. The number of thiazole rings is 1. The van der Waals surface area contributed by atoms with Gasteiger partial charge in [-0.15, -0.1) is 0 Å². The van der Waals surface area contributed by atoms with Gasteiger partial charge in [-0.2, -0.15) is 0 Å². The highest BCUT2D eigenvalue weighted by molar-refractivity contribution is 7.07. The van der Waals surface area contributed by atoms with Gasteiger partial charge in [0.1, 0.15) is 11.5 Å². The van der Waals surface area contributed by atoms with Crippen molar-refractivity contribution < 1.29 is 23.8 Å². The van der Waals surface area contributed by atoms with Gasteiger partial charge in [-0.1, -0.05) is 41.1 Å². The van der Waals surface area contributed by atoms with Gasteiger partial charge in [-0.3, -0.25) is 9.36 Å². The number of aryl methyl sites for hydroxylation is 1. The predicted octanol–water partition coefficient (Wildman–Crippen LogP) is 4.72. The number of rotatable bonds is 6. The number of aromatic nitrogens is 1. The molecule has 198 valence electrons. The molecule has 39 heavy (non-hydrogen) atoms. The second-order valence-electron chi connectivity index (χ2n) is 8.89. The van der Waals surface area contributed by atoms with Gasteiger partial charge >= 0.3 is 11.9 Å². The summed E-state index contributed by atoms with van der Waals surface area (Å²) >= 11 is 7.28. The van der Waals surface area contributed by atoms with E-state index in [1.165, 1.54) is 22.0 Å². The fourth-order valence-electron chi connectivity index (χ4n) is 4.48. The van der Waals surface area contributed by atoms with E-state index in [0.717, 1.165) is 5.56 Å². The Morgan fingerprint density at radius 1 is 1.15 bits per heavy atom. The molecule has 1 unspecified atom stereocenters. The summed E-state index contributed by atoms with van der Waals surface area (Å²) in [7, 11) is 0. The van der Waals surface area contributed by atoms with Crippen molar-refractivity contribution in [2.75, 3.05) is 6.61 Å². The Morgan fingerprint density at radius 2 is 1.90 bits per heavy atom. The van der Waals surface area contributed by atoms with E-state index in [9.17, 15) is 19.5 Å². The lowest BCUT2D eigenvalue weighted by atomic mass is 9.96. The number of esters is 1. The zero-order valence-electron chi connectivity index (χ0n) is 21.2. The van der Waals surface area contributed by atoms with Crippen LogP contribution in [0.5, 0.6) is 0 Å². The number of carbonyl (C=O) groups is 2. The highest BCUT2D eigenvalue weighted by atomic mass is 35.5. The molecule has 1 aliphatic rings. The van der Waals surface area contributed by atoms with E-state index in [4.69, 9.17) is 20.8 Å². The van der Waals surface area contributed by atoms with Gasteiger partial charge in [0.2, 0.25) is 0 Å². The molecule has 1 N–H and O–H groups in total. The molecule has 0 spiro atoms. The summed E-state index contributed by atoms with van der Waals surface area (Å²) < 4.78 is 13.2. The minimum Gasteiger partial charge on any atom is -0.478 e. The predicted molar refractivity (Wildman–Crippen MR) is 148 cm³/mol. The lowest BCUT2D eigenvalue weighted by molar-refractivity contribution is -0.139. The van der Waals surface area contributed by atoms with E-state index in [-0.39, 0.29) is 23.3 Å². The SMILES string of the molecule is CCOC(=O)C1=C(C)N=c2sc(=Cc3ccc(-c4cc(C(=O)O)ccc4C)o3)c(=O)n2C1c1ccc(Cl)cc1. The average molecular weight is 563 g/mol. The van der Waals surface area contributed by atoms with Crippen molar-refractivity contribution >= 4 is 41.0 Å². The molecular weight excluding hydrogens is 540 g/mol. The van der Waals surface area contributed by atoms with Crippen LogP contribution >= 0.6 is 22.9 Å². The van der Waals surface area contributed by atoms with Gasteiger partial charge in [0.05, 0.1) is 34.0 Å². The van der Waals surface area contributed by atoms with Crippen LogP contribution in [-0.4, -0.2) is 28.2 Å². The summed E-state index contributed by atoms with van der Waals surface area (Å²) in [6.45, 7) is 5.49. The molecule has 0 radical (unpaired) electrons. The number of aromatic carboxylic acids is 1. The summed E-state index contributed by atoms with van der Waals surface area (Å²) in [5.41, 5.74) is 2.76. The fourth-order valence-corrected chi connectivity index (χ4v) is 5.63. The molecule has 2 aromatic carbocycles. The minimum atomic E-state index is -1.03. The van der Waals surface area contributed by atoms with Gasteiger partial charge in [0.25, 0.3) is 5.56 Å². The van der Waals surface area contributed by atoms with E-state index in [0.29, 0.717) is 42.7 Å². The number of hydrogen-bond donors (Lipinski definition) is 1. The molecule has 1 aliphatic heterocycles. The van der Waals surface area contributed by atoms with E-state index in [1.54, 1.807) is 68.5 Å². The first-order chi connectivity index (χ1) is 18.7. The topological polar surface area (TPSA) is 111 Å². The second-order valence-corrected chi connectivity index (χ2v) is 10.3. The Kier molecular flexibility index (Phi) is 7.12. The number of carboxylic acids is 1. The molecule has 5 rings (SSSR count). The number of hydrogen-bond acceptors (Lipinski definition) is 7. The number of benzene rings is 2. The number of carboxylic acid groups (broad SMARTS) is 1. The van der Waals surface area contributed by atoms with Gasteiger partial charge in [-0.05, 0) is 68.3 Å². The minimum absolute atomic E-state index is 0.150. The zero-order valence-corrected chi connectivity index (χ0v) is 22.8. The first-order valence-corrected chi connectivity index (χ1v) is 13.3. The second kappa shape index (κ2) is 10.5. The Morgan fingerprint density at radius 3 is 2.59 bits per heavy atom. The Labute approximate surface area is 231 Å². The molecule has 0 aliphatic carbocycles. The maximum Gasteiger partial charge on any atom is 0.338 e. The van der Waals surface area contributed by atoms with E-state index in [2.05, 4.69) is 4.99 Å². The van der Waals surface area contributed by atoms with Crippen LogP contribution in [0.2, 0.25) is 5.02 Å². The molecule has 0 saturated heterocycles. The number of fused-ring (bicyclic) bond motifs is 1. The molecule has 0 fully saturated rings. The molecule has 8 nitrogen and oxygen atoms in total. The normalized spacial score (nSPS) is 15.2. The molecular formula is C29H23ClN2O6S. The molecule has 10 heteroatoms. The molecule has 2 aromatic heterocycles. The summed E-state index contributed by atoms with van der Waals surface area (Å²) in [5.74, 6) is -0.673. The van der Waals surface area contributed by atoms with Crippen LogP contribution in [0.4, 0.5) is 0 Å². The largest absolute Gasteiger partial charge is 0.478 e. The number of ether oxygens (including phenoxy) is 1. The van der Waals surface area contributed by atoms with Gasteiger partial charge < -0.3 is 14.3 Å². The van der Waals surface area contributed by atoms with E-state index in [1.807, 2.05) is 6.92 Å². The van der Waals surface area contributed by atoms with Crippen molar-refractivity contribution in [3.63, 3.8) is 0 Å². The van der Waals surface area contributed by atoms with Crippen LogP contribution in [0.1, 0.15) is 47.1 Å². The quantitative estimate of drug-likeness (QED) is 0.340. The van der Waals surface area contributed by atoms with Crippen molar-refractivity contribution in [2.45, 2.75) is 26.8 Å². The maximum atomic E-state index is 13.7.